The highest BCUT2D eigenvalue weighted by Gasteiger charge is 2.76. The van der Waals surface area contributed by atoms with Crippen LogP contribution in [0.1, 0.15) is 24.0 Å². The third-order valence-corrected chi connectivity index (χ3v) is 6.41. The summed E-state index contributed by atoms with van der Waals surface area (Å²) in [5.74, 6) is -0.240. The van der Waals surface area contributed by atoms with E-state index in [1.807, 2.05) is 42.5 Å². The van der Waals surface area contributed by atoms with Gasteiger partial charge in [-0.2, -0.15) is 0 Å². The summed E-state index contributed by atoms with van der Waals surface area (Å²) in [5.41, 5.74) is 0.703. The van der Waals surface area contributed by atoms with Crippen molar-refractivity contribution < 1.29 is 14.3 Å². The Bertz CT molecular complexity index is 955. The summed E-state index contributed by atoms with van der Waals surface area (Å²) in [6, 6.07) is 15.4. The van der Waals surface area contributed by atoms with Gasteiger partial charge in [0.05, 0.1) is 0 Å². The normalized spacial score (nSPS) is 29.4. The molecular formula is C21H19ClN2O3. The minimum atomic E-state index is -0.987. The van der Waals surface area contributed by atoms with Crippen LogP contribution in [0.2, 0.25) is 5.02 Å². The van der Waals surface area contributed by atoms with E-state index in [-0.39, 0.29) is 18.4 Å². The fourth-order valence-electron chi connectivity index (χ4n) is 5.03. The Labute approximate surface area is 162 Å². The third kappa shape index (κ3) is 1.88. The van der Waals surface area contributed by atoms with Gasteiger partial charge in [0.2, 0.25) is 5.91 Å². The highest BCUT2D eigenvalue weighted by molar-refractivity contribution is 6.30. The van der Waals surface area contributed by atoms with Crippen molar-refractivity contribution in [1.82, 2.24) is 4.90 Å². The number of anilines is 1. The van der Waals surface area contributed by atoms with Crippen LogP contribution in [0, 0.1) is 0 Å². The number of halogens is 1. The lowest BCUT2D eigenvalue weighted by atomic mass is 9.60. The standard InChI is InChI=1S/C21H19ClN2O3/c1-23-17-9-8-15(22)12-16(17)21(14-6-3-2-4-7-14)20(10-5-11-27-20)19(26)24(21)13-18(23)25/h2-4,6-9,12H,5,10-11,13H2,1H3/t20-,21+/m1/s1. The summed E-state index contributed by atoms with van der Waals surface area (Å²) in [5, 5.41) is 0.569. The van der Waals surface area contributed by atoms with E-state index >= 15 is 0 Å². The van der Waals surface area contributed by atoms with Crippen molar-refractivity contribution in [2.24, 2.45) is 0 Å². The van der Waals surface area contributed by atoms with E-state index < -0.39 is 11.1 Å². The Morgan fingerprint density at radius 3 is 2.59 bits per heavy atom. The van der Waals surface area contributed by atoms with Gasteiger partial charge in [0, 0.05) is 29.9 Å². The first-order chi connectivity index (χ1) is 13.0. The van der Waals surface area contributed by atoms with Crippen molar-refractivity contribution in [3.8, 4) is 0 Å². The average molecular weight is 383 g/mol. The fraction of sp³-hybridized carbons (Fsp3) is 0.333. The zero-order chi connectivity index (χ0) is 18.8. The molecule has 0 aromatic heterocycles. The maximum absolute atomic E-state index is 13.3. The van der Waals surface area contributed by atoms with Gasteiger partial charge in [0.15, 0.2) is 5.60 Å². The van der Waals surface area contributed by atoms with Crippen molar-refractivity contribution in [3.05, 3.63) is 64.7 Å². The summed E-state index contributed by atoms with van der Waals surface area (Å²) >= 11 is 6.38. The molecule has 6 heteroatoms. The lowest BCUT2D eigenvalue weighted by Gasteiger charge is -2.62. The molecule has 0 bridgehead atoms. The number of carbonyl (C=O) groups is 2. The molecule has 2 aromatic rings. The van der Waals surface area contributed by atoms with Crippen LogP contribution in [0.25, 0.3) is 0 Å². The second-order valence-corrected chi connectivity index (χ2v) is 7.80. The molecule has 3 aliphatic heterocycles. The van der Waals surface area contributed by atoms with Crippen LogP contribution in [0.3, 0.4) is 0 Å². The lowest BCUT2D eigenvalue weighted by Crippen LogP contribution is -2.80. The van der Waals surface area contributed by atoms with Gasteiger partial charge in [0.1, 0.15) is 12.1 Å². The molecule has 5 rings (SSSR count). The predicted molar refractivity (Wildman–Crippen MR) is 102 cm³/mol. The molecule has 2 saturated heterocycles. The summed E-state index contributed by atoms with van der Waals surface area (Å²) in [6.45, 7) is 0.551. The zero-order valence-corrected chi connectivity index (χ0v) is 15.7. The molecule has 3 aliphatic rings. The van der Waals surface area contributed by atoms with Crippen LogP contribution in [0.15, 0.2) is 48.5 Å². The molecule has 2 aromatic carbocycles. The number of benzene rings is 2. The summed E-state index contributed by atoms with van der Waals surface area (Å²) in [7, 11) is 1.74. The average Bonchev–Trinajstić information content (AvgIpc) is 3.17. The minimum absolute atomic E-state index is 0.0155. The minimum Gasteiger partial charge on any atom is -0.362 e. The molecule has 0 saturated carbocycles. The van der Waals surface area contributed by atoms with Crippen molar-refractivity contribution in [3.63, 3.8) is 0 Å². The quantitative estimate of drug-likeness (QED) is 0.712. The van der Waals surface area contributed by atoms with Gasteiger partial charge in [-0.25, -0.2) is 0 Å². The van der Waals surface area contributed by atoms with Gasteiger partial charge in [-0.3, -0.25) is 9.59 Å². The first-order valence-corrected chi connectivity index (χ1v) is 9.48. The number of likely N-dealkylation sites (N-methyl/N-ethyl adjacent to an activating group) is 1. The molecule has 2 amide bonds. The maximum atomic E-state index is 13.3. The van der Waals surface area contributed by atoms with Crippen LogP contribution >= 0.6 is 11.6 Å². The fourth-order valence-corrected chi connectivity index (χ4v) is 5.20. The highest BCUT2D eigenvalue weighted by Crippen LogP contribution is 2.61. The zero-order valence-electron chi connectivity index (χ0n) is 14.9. The van der Waals surface area contributed by atoms with Gasteiger partial charge in [-0.15, -0.1) is 0 Å². The predicted octanol–water partition coefficient (Wildman–Crippen LogP) is 2.95. The smallest absolute Gasteiger partial charge is 0.259 e. The Balaban J connectivity index is 1.90. The van der Waals surface area contributed by atoms with Gasteiger partial charge in [0.25, 0.3) is 5.91 Å². The second-order valence-electron chi connectivity index (χ2n) is 7.36. The first-order valence-electron chi connectivity index (χ1n) is 9.10. The van der Waals surface area contributed by atoms with Crippen LogP contribution in [-0.4, -0.2) is 42.5 Å². The van der Waals surface area contributed by atoms with E-state index in [1.165, 1.54) is 0 Å². The molecule has 0 N–H and O–H groups in total. The molecule has 0 unspecified atom stereocenters. The molecule has 2 fully saturated rings. The monoisotopic (exact) mass is 382 g/mol. The molecule has 5 nitrogen and oxygen atoms in total. The number of rotatable bonds is 1. The van der Waals surface area contributed by atoms with Crippen molar-refractivity contribution in [2.45, 2.75) is 24.0 Å². The Kier molecular flexibility index (Phi) is 3.46. The third-order valence-electron chi connectivity index (χ3n) is 6.17. The molecule has 0 radical (unpaired) electrons. The molecule has 0 aliphatic carbocycles. The van der Waals surface area contributed by atoms with Crippen LogP contribution in [0.5, 0.6) is 0 Å². The summed E-state index contributed by atoms with van der Waals surface area (Å²) < 4.78 is 6.17. The second kappa shape index (κ2) is 5.57. The number of ether oxygens (including phenoxy) is 1. The molecular weight excluding hydrogens is 364 g/mol. The van der Waals surface area contributed by atoms with Crippen LogP contribution in [0.4, 0.5) is 5.69 Å². The highest BCUT2D eigenvalue weighted by atomic mass is 35.5. The largest absolute Gasteiger partial charge is 0.362 e. The van der Waals surface area contributed by atoms with Gasteiger partial charge >= 0.3 is 0 Å². The van der Waals surface area contributed by atoms with Crippen molar-refractivity contribution in [1.29, 1.82) is 0 Å². The Morgan fingerprint density at radius 2 is 1.89 bits per heavy atom. The maximum Gasteiger partial charge on any atom is 0.259 e. The van der Waals surface area contributed by atoms with Gasteiger partial charge < -0.3 is 14.5 Å². The number of nitrogens with zero attached hydrogens (tertiary/aromatic N) is 2. The number of hydrogen-bond donors (Lipinski definition) is 0. The van der Waals surface area contributed by atoms with E-state index in [0.717, 1.165) is 23.2 Å². The molecule has 27 heavy (non-hydrogen) atoms. The molecule has 2 atom stereocenters. The van der Waals surface area contributed by atoms with Crippen LogP contribution < -0.4 is 4.90 Å². The van der Waals surface area contributed by atoms with Crippen molar-refractivity contribution in [2.75, 3.05) is 25.1 Å². The van der Waals surface area contributed by atoms with E-state index in [2.05, 4.69) is 0 Å². The van der Waals surface area contributed by atoms with E-state index in [4.69, 9.17) is 16.3 Å². The topological polar surface area (TPSA) is 49.9 Å². The molecule has 138 valence electrons. The van der Waals surface area contributed by atoms with E-state index in [9.17, 15) is 9.59 Å². The lowest BCUT2D eigenvalue weighted by molar-refractivity contribution is -0.214. The Hall–Kier alpha value is -2.37. The molecule has 1 spiro atoms. The number of β-lactam (4-membered cyclic amide) rings is 1. The number of carbonyl (C=O) groups excluding carboxylic acids is 2. The molecule has 3 heterocycles. The Morgan fingerprint density at radius 1 is 1.11 bits per heavy atom. The van der Waals surface area contributed by atoms with Crippen LogP contribution in [-0.2, 0) is 19.9 Å². The number of amides is 2. The SMILES string of the molecule is CN1C(=O)CN2C(=O)[C@]3(CCCO3)[C@]2(c2ccccc2)c2cc(Cl)ccc21. The van der Waals surface area contributed by atoms with E-state index in [0.29, 0.717) is 18.1 Å². The number of fused-ring (bicyclic) bond motifs is 4. The first kappa shape index (κ1) is 16.8. The summed E-state index contributed by atoms with van der Waals surface area (Å²) in [6.07, 6.45) is 1.44. The van der Waals surface area contributed by atoms with E-state index in [1.54, 1.807) is 22.9 Å². The summed E-state index contributed by atoms with van der Waals surface area (Å²) in [4.78, 5) is 29.4. The number of hydrogen-bond acceptors (Lipinski definition) is 3. The van der Waals surface area contributed by atoms with Crippen molar-refractivity contribution >= 4 is 29.1 Å². The van der Waals surface area contributed by atoms with Gasteiger partial charge in [-0.05, 0) is 36.6 Å². The van der Waals surface area contributed by atoms with Gasteiger partial charge in [-0.1, -0.05) is 41.9 Å².